The Kier molecular flexibility index (Phi) is 5.36. The topological polar surface area (TPSA) is 75.7 Å². The second-order valence-corrected chi connectivity index (χ2v) is 7.50. The number of carbonyl (C=O) groups is 1. The minimum Gasteiger partial charge on any atom is -0.497 e. The molecule has 2 rings (SSSR count). The molecule has 0 saturated heterocycles. The average molecular weight is 369 g/mol. The van der Waals surface area contributed by atoms with Gasteiger partial charge >= 0.3 is 0 Å². The summed E-state index contributed by atoms with van der Waals surface area (Å²) in [7, 11) is -0.578. The van der Waals surface area contributed by atoms with Crippen LogP contribution in [-0.2, 0) is 10.0 Å². The number of hydrogen-bond donors (Lipinski definition) is 1. The van der Waals surface area contributed by atoms with E-state index in [1.54, 1.807) is 24.3 Å². The van der Waals surface area contributed by atoms with E-state index in [0.29, 0.717) is 11.4 Å². The summed E-state index contributed by atoms with van der Waals surface area (Å²) in [5, 5.41) is 2.96. The van der Waals surface area contributed by atoms with Crippen molar-refractivity contribution in [1.82, 2.24) is 0 Å². The second kappa shape index (κ2) is 7.11. The van der Waals surface area contributed by atoms with Crippen LogP contribution in [0.15, 0.2) is 42.5 Å². The molecule has 0 aliphatic heterocycles. The van der Waals surface area contributed by atoms with Gasteiger partial charge in [0.25, 0.3) is 5.91 Å². The summed E-state index contributed by atoms with van der Waals surface area (Å²) in [4.78, 5) is 12.4. The van der Waals surface area contributed by atoms with Crippen LogP contribution in [0, 0.1) is 0 Å². The Bertz CT molecular complexity index is 868. The first-order valence-corrected chi connectivity index (χ1v) is 9.14. The van der Waals surface area contributed by atoms with E-state index in [1.807, 2.05) is 0 Å². The molecule has 0 spiro atoms. The monoisotopic (exact) mass is 368 g/mol. The van der Waals surface area contributed by atoms with Gasteiger partial charge in [-0.2, -0.15) is 0 Å². The van der Waals surface area contributed by atoms with E-state index in [-0.39, 0.29) is 22.2 Å². The van der Waals surface area contributed by atoms with Gasteiger partial charge in [-0.1, -0.05) is 17.7 Å². The number of nitrogens with zero attached hydrogens (tertiary/aromatic N) is 1. The number of hydrogen-bond acceptors (Lipinski definition) is 4. The van der Waals surface area contributed by atoms with Crippen LogP contribution in [0.4, 0.5) is 11.4 Å². The van der Waals surface area contributed by atoms with Crippen molar-refractivity contribution in [3.8, 4) is 5.75 Å². The number of ether oxygens (including phenoxy) is 1. The predicted octanol–water partition coefficient (Wildman–Crippen LogP) is 3.00. The maximum Gasteiger partial charge on any atom is 0.255 e. The number of rotatable bonds is 5. The van der Waals surface area contributed by atoms with E-state index in [2.05, 4.69) is 5.32 Å². The molecule has 2 aromatic carbocycles. The van der Waals surface area contributed by atoms with Crippen LogP contribution in [0.1, 0.15) is 10.4 Å². The van der Waals surface area contributed by atoms with Crippen LogP contribution in [0.25, 0.3) is 0 Å². The van der Waals surface area contributed by atoms with Crippen LogP contribution >= 0.6 is 11.6 Å². The van der Waals surface area contributed by atoms with Gasteiger partial charge in [0.2, 0.25) is 10.0 Å². The third-order valence-electron chi connectivity index (χ3n) is 3.37. The largest absolute Gasteiger partial charge is 0.497 e. The summed E-state index contributed by atoms with van der Waals surface area (Å²) < 4.78 is 29.5. The highest BCUT2D eigenvalue weighted by Crippen LogP contribution is 2.28. The Morgan fingerprint density at radius 1 is 1.21 bits per heavy atom. The van der Waals surface area contributed by atoms with Gasteiger partial charge in [-0.25, -0.2) is 8.42 Å². The molecule has 128 valence electrons. The second-order valence-electron chi connectivity index (χ2n) is 5.08. The molecule has 0 aromatic heterocycles. The minimum absolute atomic E-state index is 0.234. The van der Waals surface area contributed by atoms with Crippen LogP contribution in [0.2, 0.25) is 5.02 Å². The molecule has 0 radical (unpaired) electrons. The highest BCUT2D eigenvalue weighted by Gasteiger charge is 2.17. The standard InChI is InChI=1S/C16H17ClN2O4S/c1-19(24(3,21)22)15-9-11(7-8-14(15)17)16(20)18-12-5-4-6-13(10-12)23-2/h4-10H,1-3H3,(H,18,20). The van der Waals surface area contributed by atoms with Crippen molar-refractivity contribution < 1.29 is 17.9 Å². The lowest BCUT2D eigenvalue weighted by Gasteiger charge is -2.18. The molecule has 0 heterocycles. The van der Waals surface area contributed by atoms with E-state index in [4.69, 9.17) is 16.3 Å². The molecule has 8 heteroatoms. The number of nitrogens with one attached hydrogen (secondary N) is 1. The number of methoxy groups -OCH3 is 1. The molecule has 1 N–H and O–H groups in total. The Morgan fingerprint density at radius 3 is 2.54 bits per heavy atom. The highest BCUT2D eigenvalue weighted by molar-refractivity contribution is 7.92. The summed E-state index contributed by atoms with van der Waals surface area (Å²) in [6.45, 7) is 0. The summed E-state index contributed by atoms with van der Waals surface area (Å²) in [5.41, 5.74) is 1.08. The fraction of sp³-hybridized carbons (Fsp3) is 0.188. The van der Waals surface area contributed by atoms with Crippen molar-refractivity contribution in [2.24, 2.45) is 0 Å². The molecule has 0 aliphatic carbocycles. The maximum atomic E-state index is 12.4. The summed E-state index contributed by atoms with van der Waals surface area (Å²) >= 11 is 6.05. The van der Waals surface area contributed by atoms with E-state index in [0.717, 1.165) is 10.6 Å². The lowest BCUT2D eigenvalue weighted by atomic mass is 10.2. The van der Waals surface area contributed by atoms with Crippen LogP contribution in [0.5, 0.6) is 5.75 Å². The van der Waals surface area contributed by atoms with Gasteiger partial charge in [0, 0.05) is 24.4 Å². The number of sulfonamides is 1. The number of amides is 1. The summed E-state index contributed by atoms with van der Waals surface area (Å²) in [6.07, 6.45) is 1.06. The minimum atomic E-state index is -3.49. The molecule has 0 aliphatic rings. The Morgan fingerprint density at radius 2 is 1.92 bits per heavy atom. The van der Waals surface area contributed by atoms with Crippen LogP contribution < -0.4 is 14.4 Å². The van der Waals surface area contributed by atoms with Gasteiger partial charge in [0.1, 0.15) is 5.75 Å². The molecule has 0 fully saturated rings. The number of benzene rings is 2. The summed E-state index contributed by atoms with van der Waals surface area (Å²) in [6, 6.07) is 11.4. The molecule has 24 heavy (non-hydrogen) atoms. The van der Waals surface area contributed by atoms with E-state index < -0.39 is 10.0 Å². The van der Waals surface area contributed by atoms with Gasteiger partial charge in [0.05, 0.1) is 24.1 Å². The third-order valence-corrected chi connectivity index (χ3v) is 4.88. The van der Waals surface area contributed by atoms with Crippen molar-refractivity contribution in [2.45, 2.75) is 0 Å². The molecule has 1 amide bonds. The average Bonchev–Trinajstić information content (AvgIpc) is 2.53. The lowest BCUT2D eigenvalue weighted by Crippen LogP contribution is -2.25. The summed E-state index contributed by atoms with van der Waals surface area (Å²) in [5.74, 6) is 0.226. The predicted molar refractivity (Wildman–Crippen MR) is 95.6 cm³/mol. The number of anilines is 2. The molecule has 0 saturated carbocycles. The van der Waals surface area contributed by atoms with Gasteiger partial charge in [-0.3, -0.25) is 9.10 Å². The van der Waals surface area contributed by atoms with Crippen LogP contribution in [-0.4, -0.2) is 34.7 Å². The van der Waals surface area contributed by atoms with Gasteiger partial charge in [-0.05, 0) is 30.3 Å². The van der Waals surface area contributed by atoms with E-state index in [1.165, 1.54) is 32.4 Å². The lowest BCUT2D eigenvalue weighted by molar-refractivity contribution is 0.102. The quantitative estimate of drug-likeness (QED) is 0.880. The molecular formula is C16H17ClN2O4S. The maximum absolute atomic E-state index is 12.4. The van der Waals surface area contributed by atoms with Crippen molar-refractivity contribution in [1.29, 1.82) is 0 Å². The van der Waals surface area contributed by atoms with Gasteiger partial charge < -0.3 is 10.1 Å². The first-order valence-electron chi connectivity index (χ1n) is 6.91. The first-order chi connectivity index (χ1) is 11.2. The van der Waals surface area contributed by atoms with Crippen LogP contribution in [0.3, 0.4) is 0 Å². The van der Waals surface area contributed by atoms with Gasteiger partial charge in [0.15, 0.2) is 0 Å². The molecule has 6 nitrogen and oxygen atoms in total. The fourth-order valence-corrected chi connectivity index (χ4v) is 2.78. The molecule has 0 bridgehead atoms. The number of halogens is 1. The fourth-order valence-electron chi connectivity index (χ4n) is 1.98. The normalized spacial score (nSPS) is 11.0. The van der Waals surface area contributed by atoms with Crippen molar-refractivity contribution in [3.05, 3.63) is 53.1 Å². The number of carbonyl (C=O) groups excluding carboxylic acids is 1. The molecular weight excluding hydrogens is 352 g/mol. The highest BCUT2D eigenvalue weighted by atomic mass is 35.5. The zero-order chi connectivity index (χ0) is 17.9. The van der Waals surface area contributed by atoms with Crippen molar-refractivity contribution >= 4 is 38.9 Å². The molecule has 0 atom stereocenters. The Hall–Kier alpha value is -2.25. The first kappa shape index (κ1) is 18.1. The van der Waals surface area contributed by atoms with E-state index in [9.17, 15) is 13.2 Å². The smallest absolute Gasteiger partial charge is 0.255 e. The van der Waals surface area contributed by atoms with Crippen molar-refractivity contribution in [2.75, 3.05) is 30.0 Å². The zero-order valence-electron chi connectivity index (χ0n) is 13.4. The van der Waals surface area contributed by atoms with Gasteiger partial charge in [-0.15, -0.1) is 0 Å². The Balaban J connectivity index is 2.30. The van der Waals surface area contributed by atoms with E-state index >= 15 is 0 Å². The SMILES string of the molecule is COc1cccc(NC(=O)c2ccc(Cl)c(N(C)S(C)(=O)=O)c2)c1. The molecule has 0 unspecified atom stereocenters. The zero-order valence-corrected chi connectivity index (χ0v) is 15.0. The third kappa shape index (κ3) is 4.18. The van der Waals surface area contributed by atoms with Crippen molar-refractivity contribution in [3.63, 3.8) is 0 Å². The molecule has 2 aromatic rings. The Labute approximate surface area is 146 Å².